The molecule has 0 spiro atoms. The van der Waals surface area contributed by atoms with Gasteiger partial charge in [-0.1, -0.05) is 27.7 Å². The summed E-state index contributed by atoms with van der Waals surface area (Å²) in [5, 5.41) is 11.6. The Morgan fingerprint density at radius 2 is 2.00 bits per heavy atom. The minimum atomic E-state index is -0.0423. The molecule has 1 aliphatic rings. The van der Waals surface area contributed by atoms with E-state index in [0.717, 1.165) is 18.8 Å². The van der Waals surface area contributed by atoms with Gasteiger partial charge in [0.25, 0.3) is 0 Å². The van der Waals surface area contributed by atoms with Gasteiger partial charge in [-0.2, -0.15) is 0 Å². The molecule has 0 amide bonds. The van der Waals surface area contributed by atoms with Crippen LogP contribution in [0.5, 0.6) is 0 Å². The van der Waals surface area contributed by atoms with E-state index in [2.05, 4.69) is 45.0 Å². The highest BCUT2D eigenvalue weighted by atomic mass is 15.1. The van der Waals surface area contributed by atoms with Crippen LogP contribution in [0, 0.1) is 16.7 Å². The van der Waals surface area contributed by atoms with Gasteiger partial charge in [-0.15, -0.1) is 0 Å². The van der Waals surface area contributed by atoms with Gasteiger partial charge >= 0.3 is 0 Å². The smallest absolute Gasteiger partial charge is 0.0445 e. The van der Waals surface area contributed by atoms with Crippen molar-refractivity contribution in [2.75, 3.05) is 27.2 Å². The van der Waals surface area contributed by atoms with Crippen molar-refractivity contribution in [3.05, 3.63) is 11.3 Å². The number of hydrogen-bond acceptors (Lipinski definition) is 3. The molecule has 1 aliphatic heterocycles. The summed E-state index contributed by atoms with van der Waals surface area (Å²) >= 11 is 0. The van der Waals surface area contributed by atoms with E-state index in [1.54, 1.807) is 0 Å². The fraction of sp³-hybridized carbons (Fsp3) is 0.769. The Bertz CT molecular complexity index is 313. The molecule has 2 N–H and O–H groups in total. The molecule has 0 unspecified atom stereocenters. The van der Waals surface area contributed by atoms with E-state index in [-0.39, 0.29) is 5.41 Å². The summed E-state index contributed by atoms with van der Waals surface area (Å²) in [5.41, 5.74) is 3.14. The number of rotatable bonds is 2. The molecule has 0 radical (unpaired) electrons. The van der Waals surface area contributed by atoms with E-state index >= 15 is 0 Å². The third-order valence-electron chi connectivity index (χ3n) is 3.24. The second kappa shape index (κ2) is 4.58. The Balaban J connectivity index is 3.16. The molecule has 92 valence electrons. The average molecular weight is 223 g/mol. The zero-order chi connectivity index (χ0) is 12.5. The number of likely N-dealkylation sites (tertiary alicyclic amines) is 1. The van der Waals surface area contributed by atoms with Gasteiger partial charge in [0.2, 0.25) is 0 Å². The maximum atomic E-state index is 8.34. The molecule has 0 aromatic heterocycles. The lowest BCUT2D eigenvalue weighted by Crippen LogP contribution is -2.47. The maximum Gasteiger partial charge on any atom is 0.0445 e. The molecule has 0 aromatic carbocycles. The minimum Gasteiger partial charge on any atom is -0.391 e. The van der Waals surface area contributed by atoms with E-state index in [0.29, 0.717) is 5.92 Å². The first kappa shape index (κ1) is 13.2. The third kappa shape index (κ3) is 2.46. The predicted molar refractivity (Wildman–Crippen MR) is 69.9 cm³/mol. The first-order chi connectivity index (χ1) is 7.29. The predicted octanol–water partition coefficient (Wildman–Crippen LogP) is 2.11. The number of likely N-dealkylation sites (N-methyl/N-ethyl adjacent to an activating group) is 1. The van der Waals surface area contributed by atoms with Crippen LogP contribution in [0.1, 0.15) is 27.7 Å². The largest absolute Gasteiger partial charge is 0.391 e. The first-order valence-corrected chi connectivity index (χ1v) is 5.98. The van der Waals surface area contributed by atoms with Gasteiger partial charge in [0, 0.05) is 42.5 Å². The summed E-state index contributed by atoms with van der Waals surface area (Å²) in [4.78, 5) is 2.30. The summed E-state index contributed by atoms with van der Waals surface area (Å²) < 4.78 is 0. The molecule has 16 heavy (non-hydrogen) atoms. The van der Waals surface area contributed by atoms with Crippen LogP contribution in [0.3, 0.4) is 0 Å². The fourth-order valence-electron chi connectivity index (χ4n) is 2.58. The lowest BCUT2D eigenvalue weighted by Gasteiger charge is -2.39. The van der Waals surface area contributed by atoms with E-state index < -0.39 is 0 Å². The zero-order valence-electron chi connectivity index (χ0n) is 11.4. The molecule has 0 aromatic rings. The van der Waals surface area contributed by atoms with Gasteiger partial charge in [0.15, 0.2) is 0 Å². The lowest BCUT2D eigenvalue weighted by molar-refractivity contribution is 0.262. The standard InChI is InChI=1S/C13H25N3/c1-9(2)11(15-5)10-7-16(6)8-13(3,4)12(10)14/h9,14-15H,7-8H2,1-6H3/b11-10-,14-12?. The second-order valence-electron chi connectivity index (χ2n) is 5.73. The van der Waals surface area contributed by atoms with Crippen LogP contribution in [0.4, 0.5) is 0 Å². The van der Waals surface area contributed by atoms with Gasteiger partial charge in [-0.3, -0.25) is 0 Å². The average Bonchev–Trinajstić information content (AvgIpc) is 2.12. The summed E-state index contributed by atoms with van der Waals surface area (Å²) in [5.74, 6) is 0.447. The van der Waals surface area contributed by atoms with Gasteiger partial charge < -0.3 is 15.6 Å². The highest BCUT2D eigenvalue weighted by Crippen LogP contribution is 2.30. The van der Waals surface area contributed by atoms with Crippen molar-refractivity contribution in [3.63, 3.8) is 0 Å². The molecular weight excluding hydrogens is 198 g/mol. The quantitative estimate of drug-likeness (QED) is 0.752. The van der Waals surface area contributed by atoms with Crippen molar-refractivity contribution in [3.8, 4) is 0 Å². The molecule has 0 aliphatic carbocycles. The third-order valence-corrected chi connectivity index (χ3v) is 3.24. The Morgan fingerprint density at radius 1 is 1.44 bits per heavy atom. The molecule has 3 nitrogen and oxygen atoms in total. The Morgan fingerprint density at radius 3 is 2.44 bits per heavy atom. The van der Waals surface area contributed by atoms with E-state index in [4.69, 9.17) is 5.41 Å². The molecule has 0 atom stereocenters. The van der Waals surface area contributed by atoms with Crippen molar-refractivity contribution in [2.45, 2.75) is 27.7 Å². The zero-order valence-corrected chi connectivity index (χ0v) is 11.4. The normalized spacial score (nSPS) is 24.8. The molecule has 1 heterocycles. The van der Waals surface area contributed by atoms with Crippen LogP contribution in [0.25, 0.3) is 0 Å². The minimum absolute atomic E-state index is 0.0423. The SMILES string of the molecule is CN/C(=C1/CN(C)CC(C)(C)C1=N)C(C)C. The van der Waals surface area contributed by atoms with Crippen LogP contribution in [0.2, 0.25) is 0 Å². The molecule has 0 saturated carbocycles. The monoisotopic (exact) mass is 223 g/mol. The van der Waals surface area contributed by atoms with E-state index in [9.17, 15) is 0 Å². The highest BCUT2D eigenvalue weighted by Gasteiger charge is 2.34. The van der Waals surface area contributed by atoms with Crippen LogP contribution in [-0.4, -0.2) is 37.8 Å². The Kier molecular flexibility index (Phi) is 3.79. The van der Waals surface area contributed by atoms with Crippen molar-refractivity contribution >= 4 is 5.71 Å². The Labute approximate surface area is 99.4 Å². The molecule has 1 rings (SSSR count). The molecule has 0 bridgehead atoms. The summed E-state index contributed by atoms with van der Waals surface area (Å²) in [7, 11) is 4.08. The number of allylic oxidation sites excluding steroid dienone is 1. The van der Waals surface area contributed by atoms with Crippen LogP contribution >= 0.6 is 0 Å². The van der Waals surface area contributed by atoms with Crippen LogP contribution < -0.4 is 5.32 Å². The first-order valence-electron chi connectivity index (χ1n) is 5.98. The highest BCUT2D eigenvalue weighted by molar-refractivity contribution is 6.03. The van der Waals surface area contributed by atoms with Gasteiger partial charge in [0.1, 0.15) is 0 Å². The lowest BCUT2D eigenvalue weighted by atomic mass is 9.78. The number of nitrogens with zero attached hydrogens (tertiary/aromatic N) is 1. The molecular formula is C13H25N3. The number of piperidine rings is 1. The Hall–Kier alpha value is -0.830. The number of hydrogen-bond donors (Lipinski definition) is 2. The van der Waals surface area contributed by atoms with Crippen molar-refractivity contribution in [1.29, 1.82) is 5.41 Å². The molecule has 3 heteroatoms. The van der Waals surface area contributed by atoms with Gasteiger partial charge in [-0.25, -0.2) is 0 Å². The van der Waals surface area contributed by atoms with Crippen molar-refractivity contribution in [2.24, 2.45) is 11.3 Å². The van der Waals surface area contributed by atoms with Crippen molar-refractivity contribution < 1.29 is 0 Å². The fourth-order valence-corrected chi connectivity index (χ4v) is 2.58. The van der Waals surface area contributed by atoms with Gasteiger partial charge in [0.05, 0.1) is 0 Å². The summed E-state index contributed by atoms with van der Waals surface area (Å²) in [6.07, 6.45) is 0. The second-order valence-corrected chi connectivity index (χ2v) is 5.73. The van der Waals surface area contributed by atoms with E-state index in [1.165, 1.54) is 11.3 Å². The number of nitrogens with one attached hydrogen (secondary N) is 2. The summed E-state index contributed by atoms with van der Waals surface area (Å²) in [6.45, 7) is 10.5. The van der Waals surface area contributed by atoms with Crippen LogP contribution in [0.15, 0.2) is 11.3 Å². The van der Waals surface area contributed by atoms with Crippen LogP contribution in [-0.2, 0) is 0 Å². The van der Waals surface area contributed by atoms with Crippen molar-refractivity contribution in [1.82, 2.24) is 10.2 Å². The maximum absolute atomic E-state index is 8.34. The molecule has 1 fully saturated rings. The topological polar surface area (TPSA) is 39.1 Å². The molecule has 1 saturated heterocycles. The van der Waals surface area contributed by atoms with E-state index in [1.807, 2.05) is 7.05 Å². The van der Waals surface area contributed by atoms with Gasteiger partial charge in [-0.05, 0) is 13.0 Å². The summed E-state index contributed by atoms with van der Waals surface area (Å²) in [6, 6.07) is 0.